The molecule has 4 nitrogen and oxygen atoms in total. The molecule has 0 radical (unpaired) electrons. The molecule has 0 amide bonds. The van der Waals surface area contributed by atoms with Crippen LogP contribution in [-0.2, 0) is 11.5 Å². The topological polar surface area (TPSA) is 39.9 Å². The summed E-state index contributed by atoms with van der Waals surface area (Å²) in [6, 6.07) is 3.00. The first-order valence-corrected chi connectivity index (χ1v) is 11.3. The van der Waals surface area contributed by atoms with Crippen molar-refractivity contribution in [2.75, 3.05) is 6.61 Å². The van der Waals surface area contributed by atoms with Gasteiger partial charge in [-0.2, -0.15) is 0 Å². The Labute approximate surface area is 132 Å². The van der Waals surface area contributed by atoms with E-state index in [-0.39, 0.29) is 0 Å². The number of fused-ring (bicyclic) bond motifs is 1. The molecule has 0 spiro atoms. The van der Waals surface area contributed by atoms with Crippen molar-refractivity contribution in [2.45, 2.75) is 32.4 Å². The fourth-order valence-electron chi connectivity index (χ4n) is 1.66. The van der Waals surface area contributed by atoms with Crippen molar-refractivity contribution in [3.05, 3.63) is 21.0 Å². The van der Waals surface area contributed by atoms with E-state index in [0.29, 0.717) is 11.9 Å². The highest BCUT2D eigenvalue weighted by Gasteiger charge is 2.13. The van der Waals surface area contributed by atoms with E-state index in [0.717, 1.165) is 21.2 Å². The Morgan fingerprint density at radius 2 is 2.11 bits per heavy atom. The zero-order chi connectivity index (χ0) is 14.0. The molecule has 7 heteroatoms. The summed E-state index contributed by atoms with van der Waals surface area (Å²) in [6.07, 6.45) is 2.02. The van der Waals surface area contributed by atoms with Crippen LogP contribution in [0.15, 0.2) is 12.3 Å². The lowest BCUT2D eigenvalue weighted by Gasteiger charge is -2.15. The second kappa shape index (κ2) is 6.07. The van der Waals surface area contributed by atoms with Crippen LogP contribution >= 0.6 is 34.2 Å². The number of aromatic nitrogens is 3. The van der Waals surface area contributed by atoms with Gasteiger partial charge in [-0.3, -0.25) is 0 Å². The van der Waals surface area contributed by atoms with E-state index in [4.69, 9.17) is 16.3 Å². The van der Waals surface area contributed by atoms with Crippen LogP contribution in [0.3, 0.4) is 0 Å². The van der Waals surface area contributed by atoms with Gasteiger partial charge in [0.25, 0.3) is 0 Å². The van der Waals surface area contributed by atoms with Gasteiger partial charge < -0.3 is 9.30 Å². The van der Waals surface area contributed by atoms with Crippen LogP contribution in [0.1, 0.15) is 0 Å². The fourth-order valence-corrected chi connectivity index (χ4v) is 3.29. The maximum absolute atomic E-state index is 5.86. The highest BCUT2D eigenvalue weighted by molar-refractivity contribution is 14.1. The lowest BCUT2D eigenvalue weighted by Crippen LogP contribution is -2.22. The monoisotopic (exact) mass is 409 g/mol. The van der Waals surface area contributed by atoms with Gasteiger partial charge in [-0.1, -0.05) is 31.2 Å². The zero-order valence-electron chi connectivity index (χ0n) is 11.3. The van der Waals surface area contributed by atoms with Gasteiger partial charge in [0, 0.05) is 29.8 Å². The second-order valence-corrected chi connectivity index (χ2v) is 12.9. The Balaban J connectivity index is 2.05. The van der Waals surface area contributed by atoms with E-state index < -0.39 is 8.07 Å². The molecular formula is C12H17ClIN3OSi. The summed E-state index contributed by atoms with van der Waals surface area (Å²) < 4.78 is 8.83. The van der Waals surface area contributed by atoms with Crippen molar-refractivity contribution in [3.8, 4) is 0 Å². The van der Waals surface area contributed by atoms with Gasteiger partial charge in [-0.05, 0) is 34.7 Å². The van der Waals surface area contributed by atoms with Crippen LogP contribution < -0.4 is 0 Å². The molecule has 2 aromatic rings. The minimum Gasteiger partial charge on any atom is -0.361 e. The molecule has 0 aliphatic heterocycles. The Morgan fingerprint density at radius 1 is 1.37 bits per heavy atom. The third-order valence-corrected chi connectivity index (χ3v) is 5.52. The van der Waals surface area contributed by atoms with E-state index >= 15 is 0 Å². The normalized spacial score (nSPS) is 12.3. The van der Waals surface area contributed by atoms with E-state index in [1.807, 2.05) is 16.8 Å². The molecule has 0 saturated heterocycles. The smallest absolute Gasteiger partial charge is 0.165 e. The standard InChI is InChI=1S/C12H17ClIN3OSi/c1-19(2,3)5-4-18-8-17-7-10(14)9-6-11(13)15-16-12(9)17/h6-7H,4-5,8H2,1-3H3. The van der Waals surface area contributed by atoms with Crippen molar-refractivity contribution in [3.63, 3.8) is 0 Å². The van der Waals surface area contributed by atoms with Gasteiger partial charge in [-0.15, -0.1) is 10.2 Å². The number of halogens is 2. The number of hydrogen-bond donors (Lipinski definition) is 0. The van der Waals surface area contributed by atoms with E-state index in [1.54, 1.807) is 0 Å². The van der Waals surface area contributed by atoms with Crippen LogP contribution in [0.2, 0.25) is 30.8 Å². The largest absolute Gasteiger partial charge is 0.361 e. The predicted octanol–water partition coefficient (Wildman–Crippen LogP) is 4.00. The molecule has 0 unspecified atom stereocenters. The summed E-state index contributed by atoms with van der Waals surface area (Å²) in [4.78, 5) is 0. The molecule has 19 heavy (non-hydrogen) atoms. The predicted molar refractivity (Wildman–Crippen MR) is 89.4 cm³/mol. The maximum atomic E-state index is 5.86. The zero-order valence-corrected chi connectivity index (χ0v) is 15.2. The van der Waals surface area contributed by atoms with Crippen LogP contribution in [0.4, 0.5) is 0 Å². The lowest BCUT2D eigenvalue weighted by atomic mass is 10.4. The number of hydrogen-bond acceptors (Lipinski definition) is 3. The summed E-state index contributed by atoms with van der Waals surface area (Å²) >= 11 is 8.14. The third kappa shape index (κ3) is 4.14. The van der Waals surface area contributed by atoms with E-state index in [2.05, 4.69) is 52.4 Å². The highest BCUT2D eigenvalue weighted by atomic mass is 127. The number of nitrogens with zero attached hydrogens (tertiary/aromatic N) is 3. The minimum atomic E-state index is -1.03. The molecule has 2 heterocycles. The van der Waals surface area contributed by atoms with Gasteiger partial charge in [0.15, 0.2) is 10.8 Å². The summed E-state index contributed by atoms with van der Waals surface area (Å²) in [5.74, 6) is 0. The SMILES string of the molecule is C[Si](C)(C)CCOCn1cc(I)c2cc(Cl)nnc21. The van der Waals surface area contributed by atoms with Crippen LogP contribution in [0, 0.1) is 3.57 Å². The Morgan fingerprint density at radius 3 is 2.79 bits per heavy atom. The average molecular weight is 410 g/mol. The first-order chi connectivity index (χ1) is 8.87. The van der Waals surface area contributed by atoms with E-state index in [1.165, 1.54) is 6.04 Å². The first-order valence-electron chi connectivity index (χ1n) is 6.12. The molecule has 0 bridgehead atoms. The molecule has 104 valence electrons. The maximum Gasteiger partial charge on any atom is 0.165 e. The van der Waals surface area contributed by atoms with Crippen LogP contribution in [0.5, 0.6) is 0 Å². The quantitative estimate of drug-likeness (QED) is 0.426. The Kier molecular flexibility index (Phi) is 4.86. The molecule has 0 saturated carbocycles. The van der Waals surface area contributed by atoms with Crippen LogP contribution in [0.25, 0.3) is 11.0 Å². The molecule has 0 aromatic carbocycles. The van der Waals surface area contributed by atoms with Gasteiger partial charge in [0.2, 0.25) is 0 Å². The summed E-state index contributed by atoms with van der Waals surface area (Å²) in [5, 5.41) is 9.47. The van der Waals surface area contributed by atoms with Crippen molar-refractivity contribution in [1.29, 1.82) is 0 Å². The molecule has 0 aliphatic rings. The Bertz CT molecular complexity index is 582. The van der Waals surface area contributed by atoms with Crippen molar-refractivity contribution in [2.24, 2.45) is 0 Å². The molecular weight excluding hydrogens is 393 g/mol. The highest BCUT2D eigenvalue weighted by Crippen LogP contribution is 2.23. The van der Waals surface area contributed by atoms with Gasteiger partial charge in [0.1, 0.15) is 6.73 Å². The lowest BCUT2D eigenvalue weighted by molar-refractivity contribution is 0.0897. The molecule has 2 rings (SSSR count). The number of rotatable bonds is 5. The molecule has 0 aliphatic carbocycles. The number of ether oxygens (including phenoxy) is 1. The fraction of sp³-hybridized carbons (Fsp3) is 0.500. The Hall–Kier alpha value is -0.183. The third-order valence-electron chi connectivity index (χ3n) is 2.77. The molecule has 0 N–H and O–H groups in total. The van der Waals surface area contributed by atoms with E-state index in [9.17, 15) is 0 Å². The van der Waals surface area contributed by atoms with Crippen molar-refractivity contribution in [1.82, 2.24) is 14.8 Å². The molecule has 0 fully saturated rings. The average Bonchev–Trinajstić information content (AvgIpc) is 2.60. The summed E-state index contributed by atoms with van der Waals surface area (Å²) in [7, 11) is -1.03. The van der Waals surface area contributed by atoms with Gasteiger partial charge >= 0.3 is 0 Å². The van der Waals surface area contributed by atoms with Gasteiger partial charge in [-0.25, -0.2) is 0 Å². The van der Waals surface area contributed by atoms with Crippen molar-refractivity contribution >= 4 is 53.3 Å². The van der Waals surface area contributed by atoms with Crippen molar-refractivity contribution < 1.29 is 4.74 Å². The molecule has 0 atom stereocenters. The summed E-state index contributed by atoms with van der Waals surface area (Å²) in [5.41, 5.74) is 0.821. The summed E-state index contributed by atoms with van der Waals surface area (Å²) in [6.45, 7) is 8.35. The molecule has 2 aromatic heterocycles. The van der Waals surface area contributed by atoms with Crippen LogP contribution in [-0.4, -0.2) is 29.4 Å². The first kappa shape index (κ1) is 15.2. The van der Waals surface area contributed by atoms with Gasteiger partial charge in [0.05, 0.1) is 0 Å². The second-order valence-electron chi connectivity index (χ2n) is 5.70. The minimum absolute atomic E-state index is 0.419.